The summed E-state index contributed by atoms with van der Waals surface area (Å²) in [5.41, 5.74) is 0.532. The summed E-state index contributed by atoms with van der Waals surface area (Å²) in [5, 5.41) is 3.36. The Bertz CT molecular complexity index is 884. The lowest BCUT2D eigenvalue weighted by Crippen LogP contribution is -2.35. The molecule has 2 aromatic heterocycles. The van der Waals surface area contributed by atoms with E-state index in [1.807, 2.05) is 13.8 Å². The molecule has 1 amide bonds. The normalized spacial score (nSPS) is 11.3. The third kappa shape index (κ3) is 4.25. The Morgan fingerprint density at radius 2 is 2.00 bits per heavy atom. The molecule has 10 heteroatoms. The van der Waals surface area contributed by atoms with Gasteiger partial charge in [-0.2, -0.15) is 8.99 Å². The van der Waals surface area contributed by atoms with E-state index in [1.54, 1.807) is 24.4 Å². The minimum atomic E-state index is -4.08. The van der Waals surface area contributed by atoms with Crippen LogP contribution in [0.5, 0.6) is 0 Å². The van der Waals surface area contributed by atoms with Crippen molar-refractivity contribution >= 4 is 16.1 Å². The highest BCUT2D eigenvalue weighted by Gasteiger charge is 2.29. The molecule has 2 heterocycles. The molecule has 0 aliphatic rings. The molecule has 9 nitrogen and oxygen atoms in total. The molecular formula is C16H20N6O3S. The first-order valence-corrected chi connectivity index (χ1v) is 9.42. The van der Waals surface area contributed by atoms with E-state index in [4.69, 9.17) is 6.42 Å². The van der Waals surface area contributed by atoms with E-state index in [-0.39, 0.29) is 13.1 Å². The second-order valence-corrected chi connectivity index (χ2v) is 7.06. The van der Waals surface area contributed by atoms with Gasteiger partial charge in [-0.3, -0.25) is 4.98 Å². The molecule has 0 spiro atoms. The number of carbonyl (C=O) groups excluding carboxylic acids is 1. The lowest BCUT2D eigenvalue weighted by atomic mass is 10.3. The van der Waals surface area contributed by atoms with Crippen molar-refractivity contribution in [2.24, 2.45) is 0 Å². The molecule has 26 heavy (non-hydrogen) atoms. The van der Waals surface area contributed by atoms with Gasteiger partial charge in [-0.05, 0) is 26.0 Å². The van der Waals surface area contributed by atoms with Gasteiger partial charge in [0, 0.05) is 19.3 Å². The Morgan fingerprint density at radius 3 is 2.58 bits per heavy atom. The summed E-state index contributed by atoms with van der Waals surface area (Å²) in [6, 6.07) is 4.72. The molecule has 0 atom stereocenters. The summed E-state index contributed by atoms with van der Waals surface area (Å²) in [7, 11) is -4.08. The monoisotopic (exact) mass is 376 g/mol. The zero-order chi connectivity index (χ0) is 19.2. The molecule has 0 saturated carbocycles. The second kappa shape index (κ2) is 8.55. The highest BCUT2D eigenvalue weighted by molar-refractivity contribution is 7.88. The number of nitrogens with zero attached hydrogens (tertiary/aromatic N) is 6. The van der Waals surface area contributed by atoms with E-state index in [0.29, 0.717) is 18.8 Å². The van der Waals surface area contributed by atoms with Gasteiger partial charge >= 0.3 is 6.03 Å². The summed E-state index contributed by atoms with van der Waals surface area (Å²) in [5.74, 6) is 2.31. The fraction of sp³-hybridized carbons (Fsp3) is 0.375. The van der Waals surface area contributed by atoms with Crippen LogP contribution in [0.15, 0.2) is 35.9 Å². The smallest absolute Gasteiger partial charge is 0.323 e. The first-order valence-electron chi connectivity index (χ1n) is 7.98. The van der Waals surface area contributed by atoms with E-state index in [9.17, 15) is 13.2 Å². The number of sulfonamides is 1. The number of hydrogen-bond donors (Lipinski definition) is 0. The number of terminal acetylenes is 1. The van der Waals surface area contributed by atoms with E-state index in [2.05, 4.69) is 21.0 Å². The number of carbonyl (C=O) groups is 1. The quantitative estimate of drug-likeness (QED) is 0.663. The highest BCUT2D eigenvalue weighted by Crippen LogP contribution is 2.14. The van der Waals surface area contributed by atoms with Crippen LogP contribution < -0.4 is 0 Å². The van der Waals surface area contributed by atoms with Crippen molar-refractivity contribution in [1.29, 1.82) is 0 Å². The lowest BCUT2D eigenvalue weighted by molar-refractivity contribution is 0.201. The van der Waals surface area contributed by atoms with Crippen molar-refractivity contribution in [3.8, 4) is 12.3 Å². The molecule has 0 radical (unpaired) electrons. The molecule has 2 aromatic rings. The maximum atomic E-state index is 12.8. The minimum Gasteiger partial charge on any atom is -0.323 e. The van der Waals surface area contributed by atoms with E-state index >= 15 is 0 Å². The van der Waals surface area contributed by atoms with Crippen LogP contribution in [0.3, 0.4) is 0 Å². The van der Waals surface area contributed by atoms with Crippen LogP contribution in [0.25, 0.3) is 0 Å². The number of aromatic nitrogens is 4. The van der Waals surface area contributed by atoms with Gasteiger partial charge in [0.15, 0.2) is 0 Å². The van der Waals surface area contributed by atoms with Crippen LogP contribution >= 0.6 is 0 Å². The average molecular weight is 376 g/mol. The molecular weight excluding hydrogens is 356 g/mol. The molecule has 0 aliphatic heterocycles. The van der Waals surface area contributed by atoms with Gasteiger partial charge in [-0.1, -0.05) is 12.0 Å². The highest BCUT2D eigenvalue weighted by atomic mass is 32.2. The maximum absolute atomic E-state index is 12.8. The largest absolute Gasteiger partial charge is 0.346 e. The predicted molar refractivity (Wildman–Crippen MR) is 94.4 cm³/mol. The predicted octanol–water partition coefficient (Wildman–Crippen LogP) is 0.807. The summed E-state index contributed by atoms with van der Waals surface area (Å²) >= 11 is 0. The molecule has 0 fully saturated rings. The molecule has 0 unspecified atom stereocenters. The number of pyridine rings is 1. The summed E-state index contributed by atoms with van der Waals surface area (Å²) in [4.78, 5) is 21.7. The number of amides is 1. The summed E-state index contributed by atoms with van der Waals surface area (Å²) in [6.45, 7) is 4.39. The van der Waals surface area contributed by atoms with Gasteiger partial charge in [-0.25, -0.2) is 18.2 Å². The van der Waals surface area contributed by atoms with Crippen LogP contribution in [0.2, 0.25) is 0 Å². The zero-order valence-corrected chi connectivity index (χ0v) is 15.4. The molecule has 2 rings (SSSR count). The molecule has 0 bridgehead atoms. The topological polar surface area (TPSA) is 101 Å². The number of hydrogen-bond acceptors (Lipinski definition) is 6. The summed E-state index contributed by atoms with van der Waals surface area (Å²) < 4.78 is 27.6. The Kier molecular flexibility index (Phi) is 6.43. The third-order valence-corrected chi connectivity index (χ3v) is 5.19. The van der Waals surface area contributed by atoms with Crippen molar-refractivity contribution in [1.82, 2.24) is 29.0 Å². The zero-order valence-electron chi connectivity index (χ0n) is 14.6. The fourth-order valence-corrected chi connectivity index (χ4v) is 3.36. The third-order valence-electron chi connectivity index (χ3n) is 3.60. The van der Waals surface area contributed by atoms with Gasteiger partial charge in [0.2, 0.25) is 0 Å². The lowest BCUT2D eigenvalue weighted by Gasteiger charge is -2.18. The number of rotatable bonds is 7. The van der Waals surface area contributed by atoms with Crippen LogP contribution in [-0.2, 0) is 16.6 Å². The molecule has 0 aliphatic carbocycles. The molecule has 0 aromatic carbocycles. The van der Waals surface area contributed by atoms with Crippen LogP contribution in [0.4, 0.5) is 4.79 Å². The van der Waals surface area contributed by atoms with Crippen LogP contribution in [0, 0.1) is 12.3 Å². The van der Waals surface area contributed by atoms with Gasteiger partial charge in [0.25, 0.3) is 15.2 Å². The van der Waals surface area contributed by atoms with Crippen LogP contribution in [-0.4, -0.2) is 63.0 Å². The molecule has 138 valence electrons. The van der Waals surface area contributed by atoms with Crippen molar-refractivity contribution in [3.63, 3.8) is 0 Å². The summed E-state index contributed by atoms with van der Waals surface area (Å²) in [6.07, 6.45) is 7.95. The Hall–Kier alpha value is -2.77. The second-order valence-electron chi connectivity index (χ2n) is 5.22. The minimum absolute atomic E-state index is 0.0219. The van der Waals surface area contributed by atoms with E-state index in [1.165, 1.54) is 4.90 Å². The van der Waals surface area contributed by atoms with E-state index in [0.717, 1.165) is 15.3 Å². The van der Waals surface area contributed by atoms with Crippen molar-refractivity contribution in [2.45, 2.75) is 25.5 Å². The Labute approximate surface area is 152 Å². The molecule has 0 saturated heterocycles. The SMILES string of the molecule is C#CCN(Cc1ccccn1)S(=O)(=O)c1ncn(C(=O)N(CC)CC)n1. The van der Waals surface area contributed by atoms with Gasteiger partial charge < -0.3 is 4.90 Å². The van der Waals surface area contributed by atoms with Crippen molar-refractivity contribution < 1.29 is 13.2 Å². The van der Waals surface area contributed by atoms with Crippen LogP contribution in [0.1, 0.15) is 19.5 Å². The Balaban J connectivity index is 2.29. The first kappa shape index (κ1) is 19.6. The van der Waals surface area contributed by atoms with E-state index < -0.39 is 21.2 Å². The molecule has 0 N–H and O–H groups in total. The Morgan fingerprint density at radius 1 is 1.27 bits per heavy atom. The van der Waals surface area contributed by atoms with Gasteiger partial charge in [0.1, 0.15) is 6.33 Å². The maximum Gasteiger partial charge on any atom is 0.346 e. The van der Waals surface area contributed by atoms with Crippen molar-refractivity contribution in [2.75, 3.05) is 19.6 Å². The van der Waals surface area contributed by atoms with Gasteiger partial charge in [-0.15, -0.1) is 11.5 Å². The van der Waals surface area contributed by atoms with Gasteiger partial charge in [0.05, 0.1) is 18.8 Å². The first-order chi connectivity index (χ1) is 12.4. The fourth-order valence-electron chi connectivity index (χ4n) is 2.21. The standard InChI is InChI=1S/C16H20N6O3S/c1-4-11-21(12-14-9-7-8-10-17-14)26(24,25)15-18-13-22(19-15)16(23)20(5-2)6-3/h1,7-10,13H,5-6,11-12H2,2-3H3. The average Bonchev–Trinajstić information content (AvgIpc) is 3.14. The van der Waals surface area contributed by atoms with Crippen molar-refractivity contribution in [3.05, 3.63) is 36.4 Å².